The van der Waals surface area contributed by atoms with Crippen LogP contribution in [0, 0.1) is 5.82 Å². The highest BCUT2D eigenvalue weighted by atomic mass is 19.1. The molecule has 0 saturated carbocycles. The first-order valence-corrected chi connectivity index (χ1v) is 7.59. The van der Waals surface area contributed by atoms with E-state index in [1.165, 1.54) is 36.2 Å². The summed E-state index contributed by atoms with van der Waals surface area (Å²) in [5.41, 5.74) is 7.36. The van der Waals surface area contributed by atoms with Crippen molar-refractivity contribution in [2.75, 3.05) is 18.2 Å². The first-order chi connectivity index (χ1) is 12.5. The van der Waals surface area contributed by atoms with Crippen molar-refractivity contribution in [3.8, 4) is 5.69 Å². The van der Waals surface area contributed by atoms with E-state index in [0.717, 1.165) is 0 Å². The lowest BCUT2D eigenvalue weighted by atomic mass is 10.2. The Morgan fingerprint density at radius 1 is 1.19 bits per heavy atom. The van der Waals surface area contributed by atoms with Crippen LogP contribution < -0.4 is 11.1 Å². The number of methoxy groups -OCH3 is 1. The lowest BCUT2D eigenvalue weighted by Crippen LogP contribution is -2.12. The summed E-state index contributed by atoms with van der Waals surface area (Å²) in [5, 5.41) is 6.66. The molecule has 8 heteroatoms. The number of carbonyl (C=O) groups excluding carboxylic acids is 2. The first-order valence-electron chi connectivity index (χ1n) is 7.59. The number of hydrogen-bond donors (Lipinski definition) is 2. The number of esters is 1. The lowest BCUT2D eigenvalue weighted by Gasteiger charge is -2.08. The Labute approximate surface area is 148 Å². The molecule has 132 valence electrons. The fourth-order valence-corrected chi connectivity index (χ4v) is 2.35. The third-order valence-electron chi connectivity index (χ3n) is 3.67. The van der Waals surface area contributed by atoms with Crippen LogP contribution in [0.25, 0.3) is 5.69 Å². The monoisotopic (exact) mass is 354 g/mol. The van der Waals surface area contributed by atoms with Gasteiger partial charge in [0.05, 0.1) is 19.0 Å². The molecular formula is C18H15FN4O3. The van der Waals surface area contributed by atoms with E-state index in [0.29, 0.717) is 16.9 Å². The lowest BCUT2D eigenvalue weighted by molar-refractivity contribution is 0.0602. The van der Waals surface area contributed by atoms with E-state index in [9.17, 15) is 14.0 Å². The second-order valence-electron chi connectivity index (χ2n) is 5.36. The van der Waals surface area contributed by atoms with Crippen molar-refractivity contribution >= 4 is 23.4 Å². The zero-order valence-corrected chi connectivity index (χ0v) is 13.8. The number of ether oxygens (including phenoxy) is 1. The molecule has 0 radical (unpaired) electrons. The molecule has 7 nitrogen and oxygen atoms in total. The largest absolute Gasteiger partial charge is 0.465 e. The van der Waals surface area contributed by atoms with Gasteiger partial charge in [-0.25, -0.2) is 13.9 Å². The number of nitrogen functional groups attached to an aromatic ring is 1. The van der Waals surface area contributed by atoms with Crippen LogP contribution in [0.5, 0.6) is 0 Å². The van der Waals surface area contributed by atoms with Gasteiger partial charge in [-0.1, -0.05) is 6.07 Å². The maximum Gasteiger partial charge on any atom is 0.343 e. The highest BCUT2D eigenvalue weighted by Gasteiger charge is 2.16. The Hall–Kier alpha value is -3.68. The molecule has 26 heavy (non-hydrogen) atoms. The molecule has 1 heterocycles. The van der Waals surface area contributed by atoms with E-state index in [1.807, 2.05) is 0 Å². The fraction of sp³-hybridized carbons (Fsp3) is 0.0556. The Balaban J connectivity index is 1.79. The minimum Gasteiger partial charge on any atom is -0.465 e. The van der Waals surface area contributed by atoms with Crippen molar-refractivity contribution in [1.82, 2.24) is 9.78 Å². The summed E-state index contributed by atoms with van der Waals surface area (Å²) >= 11 is 0. The van der Waals surface area contributed by atoms with Gasteiger partial charge in [0.25, 0.3) is 5.91 Å². The average molecular weight is 354 g/mol. The second-order valence-corrected chi connectivity index (χ2v) is 5.36. The molecule has 0 aliphatic rings. The zero-order chi connectivity index (χ0) is 18.7. The first kappa shape index (κ1) is 17.2. The van der Waals surface area contributed by atoms with E-state index in [-0.39, 0.29) is 17.3 Å². The van der Waals surface area contributed by atoms with E-state index >= 15 is 0 Å². The van der Waals surface area contributed by atoms with Crippen molar-refractivity contribution in [2.24, 2.45) is 0 Å². The third-order valence-corrected chi connectivity index (χ3v) is 3.67. The van der Waals surface area contributed by atoms with E-state index in [1.54, 1.807) is 30.3 Å². The standard InChI is InChI=1S/C18H15FN4O3/c1-26-18(25)15-10-21-23(16(15)20)14-7-5-11(6-8-14)17(24)22-13-4-2-3-12(19)9-13/h2-10H,20H2,1H3,(H,22,24). The van der Waals surface area contributed by atoms with Crippen LogP contribution in [0.1, 0.15) is 20.7 Å². The number of nitrogens with one attached hydrogen (secondary N) is 1. The summed E-state index contributed by atoms with van der Waals surface area (Å²) in [6.07, 6.45) is 1.31. The summed E-state index contributed by atoms with van der Waals surface area (Å²) in [4.78, 5) is 23.8. The van der Waals surface area contributed by atoms with Crippen LogP contribution in [-0.4, -0.2) is 28.8 Å². The number of aromatic nitrogens is 2. The van der Waals surface area contributed by atoms with Gasteiger partial charge in [-0.05, 0) is 42.5 Å². The van der Waals surface area contributed by atoms with Gasteiger partial charge >= 0.3 is 5.97 Å². The van der Waals surface area contributed by atoms with Crippen LogP contribution in [0.3, 0.4) is 0 Å². The van der Waals surface area contributed by atoms with Gasteiger partial charge in [0.15, 0.2) is 0 Å². The SMILES string of the molecule is COC(=O)c1cnn(-c2ccc(C(=O)Nc3cccc(F)c3)cc2)c1N. The van der Waals surface area contributed by atoms with E-state index in [2.05, 4.69) is 15.2 Å². The smallest absolute Gasteiger partial charge is 0.343 e. The molecule has 0 saturated heterocycles. The topological polar surface area (TPSA) is 99.2 Å². The van der Waals surface area contributed by atoms with Crippen molar-refractivity contribution in [3.05, 3.63) is 71.7 Å². The number of hydrogen-bond acceptors (Lipinski definition) is 5. The molecule has 0 unspecified atom stereocenters. The molecule has 0 fully saturated rings. The molecule has 1 aromatic heterocycles. The quantitative estimate of drug-likeness (QED) is 0.702. The molecule has 1 amide bonds. The van der Waals surface area contributed by atoms with Crippen molar-refractivity contribution in [3.63, 3.8) is 0 Å². The van der Waals surface area contributed by atoms with Gasteiger partial charge in [-0.2, -0.15) is 5.10 Å². The molecule has 3 aromatic rings. The number of halogens is 1. The third kappa shape index (κ3) is 3.39. The molecule has 0 spiro atoms. The van der Waals surface area contributed by atoms with Crippen molar-refractivity contribution in [1.29, 1.82) is 0 Å². The molecule has 2 aromatic carbocycles. The Morgan fingerprint density at radius 3 is 2.58 bits per heavy atom. The van der Waals surface area contributed by atoms with E-state index < -0.39 is 11.8 Å². The van der Waals surface area contributed by atoms with Crippen LogP contribution >= 0.6 is 0 Å². The van der Waals surface area contributed by atoms with Crippen molar-refractivity contribution in [2.45, 2.75) is 0 Å². The molecule has 0 atom stereocenters. The maximum atomic E-state index is 13.2. The van der Waals surface area contributed by atoms with Gasteiger partial charge in [0, 0.05) is 11.3 Å². The summed E-state index contributed by atoms with van der Waals surface area (Å²) in [6, 6.07) is 12.0. The zero-order valence-electron chi connectivity index (χ0n) is 13.8. The number of anilines is 2. The molecule has 3 N–H and O–H groups in total. The molecule has 0 bridgehead atoms. The van der Waals surface area contributed by atoms with Gasteiger partial charge in [-0.3, -0.25) is 4.79 Å². The minimum absolute atomic E-state index is 0.133. The van der Waals surface area contributed by atoms with Gasteiger partial charge in [-0.15, -0.1) is 0 Å². The van der Waals surface area contributed by atoms with Crippen LogP contribution in [0.2, 0.25) is 0 Å². The summed E-state index contributed by atoms with van der Waals surface area (Å²) in [6.45, 7) is 0. The van der Waals surface area contributed by atoms with E-state index in [4.69, 9.17) is 5.73 Å². The van der Waals surface area contributed by atoms with Crippen LogP contribution in [0.4, 0.5) is 15.9 Å². The van der Waals surface area contributed by atoms with Gasteiger partial charge in [0.2, 0.25) is 0 Å². The van der Waals surface area contributed by atoms with Crippen LogP contribution in [-0.2, 0) is 4.74 Å². The number of amides is 1. The number of carbonyl (C=O) groups is 2. The Kier molecular flexibility index (Phi) is 4.66. The number of rotatable bonds is 4. The maximum absolute atomic E-state index is 13.2. The summed E-state index contributed by atoms with van der Waals surface area (Å²) < 4.78 is 19.2. The highest BCUT2D eigenvalue weighted by molar-refractivity contribution is 6.04. The molecular weight excluding hydrogens is 339 g/mol. The number of nitrogens with two attached hydrogens (primary N) is 1. The predicted molar refractivity (Wildman–Crippen MR) is 93.7 cm³/mol. The Bertz CT molecular complexity index is 967. The Morgan fingerprint density at radius 2 is 1.92 bits per heavy atom. The minimum atomic E-state index is -0.583. The van der Waals surface area contributed by atoms with Gasteiger partial charge in [0.1, 0.15) is 17.2 Å². The summed E-state index contributed by atoms with van der Waals surface area (Å²) in [5.74, 6) is -1.27. The second kappa shape index (κ2) is 7.06. The number of nitrogens with zero attached hydrogens (tertiary/aromatic N) is 2. The van der Waals surface area contributed by atoms with Gasteiger partial charge < -0.3 is 15.8 Å². The fourth-order valence-electron chi connectivity index (χ4n) is 2.35. The normalized spacial score (nSPS) is 10.4. The average Bonchev–Trinajstić information content (AvgIpc) is 3.02. The highest BCUT2D eigenvalue weighted by Crippen LogP contribution is 2.19. The number of benzene rings is 2. The van der Waals surface area contributed by atoms with Crippen LogP contribution in [0.15, 0.2) is 54.7 Å². The van der Waals surface area contributed by atoms with Crippen molar-refractivity contribution < 1.29 is 18.7 Å². The molecule has 0 aliphatic carbocycles. The molecule has 3 rings (SSSR count). The summed E-state index contributed by atoms with van der Waals surface area (Å²) in [7, 11) is 1.26. The molecule has 0 aliphatic heterocycles. The predicted octanol–water partition coefficient (Wildman–Crippen LogP) is 2.63.